The van der Waals surface area contributed by atoms with Crippen LogP contribution in [0.1, 0.15) is 28.6 Å². The lowest BCUT2D eigenvalue weighted by Gasteiger charge is -2.25. The Morgan fingerprint density at radius 2 is 2.03 bits per heavy atom. The number of carbonyl (C=O) groups is 1. The van der Waals surface area contributed by atoms with Crippen molar-refractivity contribution in [1.29, 1.82) is 0 Å². The standard InChI is InChI=1S/C13H14N4O2.C7H4F4O/c1-17-8-14-7-10(17)13(18)16-9-4-6-19-11-3-2-5-15-12(9)11;8-5-3-1-2-4-6(5)12-7(9,10)11/h2-3,5,7-9H,4,6H2,1H3,(H,16,18);1-4H. The van der Waals surface area contributed by atoms with E-state index in [2.05, 4.69) is 20.0 Å². The lowest BCUT2D eigenvalue weighted by atomic mass is 10.1. The van der Waals surface area contributed by atoms with E-state index in [0.717, 1.165) is 23.6 Å². The highest BCUT2D eigenvalue weighted by atomic mass is 19.4. The number of nitrogens with zero attached hydrogens (tertiary/aromatic N) is 3. The van der Waals surface area contributed by atoms with E-state index in [1.807, 2.05) is 12.1 Å². The van der Waals surface area contributed by atoms with Crippen LogP contribution in [0.15, 0.2) is 55.1 Å². The number of para-hydroxylation sites is 1. The van der Waals surface area contributed by atoms with Crippen LogP contribution in [0.5, 0.6) is 11.5 Å². The average Bonchev–Trinajstić information content (AvgIpc) is 3.16. The number of ether oxygens (including phenoxy) is 2. The van der Waals surface area contributed by atoms with Gasteiger partial charge in [-0.15, -0.1) is 13.2 Å². The van der Waals surface area contributed by atoms with Gasteiger partial charge in [0.25, 0.3) is 5.91 Å². The third-order valence-corrected chi connectivity index (χ3v) is 4.21. The summed E-state index contributed by atoms with van der Waals surface area (Å²) in [5, 5.41) is 2.98. The molecule has 0 bridgehead atoms. The van der Waals surface area contributed by atoms with E-state index in [1.54, 1.807) is 30.3 Å². The number of alkyl halides is 3. The van der Waals surface area contributed by atoms with Crippen molar-refractivity contribution in [3.05, 3.63) is 72.3 Å². The van der Waals surface area contributed by atoms with Crippen LogP contribution in [0.25, 0.3) is 0 Å². The molecule has 1 aromatic carbocycles. The number of hydrogen-bond acceptors (Lipinski definition) is 5. The number of hydrogen-bond donors (Lipinski definition) is 1. The van der Waals surface area contributed by atoms with Crippen LogP contribution >= 0.6 is 0 Å². The van der Waals surface area contributed by atoms with Gasteiger partial charge in [0.1, 0.15) is 17.1 Å². The van der Waals surface area contributed by atoms with Gasteiger partial charge in [0.15, 0.2) is 11.6 Å². The highest BCUT2D eigenvalue weighted by Gasteiger charge is 2.32. The number of amides is 1. The Hall–Kier alpha value is -3.63. The number of fused-ring (bicyclic) bond motifs is 1. The first kappa shape index (κ1) is 22.1. The van der Waals surface area contributed by atoms with Gasteiger partial charge >= 0.3 is 6.36 Å². The molecule has 3 heterocycles. The van der Waals surface area contributed by atoms with Gasteiger partial charge < -0.3 is 19.4 Å². The van der Waals surface area contributed by atoms with Crippen molar-refractivity contribution in [2.24, 2.45) is 7.05 Å². The van der Waals surface area contributed by atoms with Crippen molar-refractivity contribution < 1.29 is 31.8 Å². The first-order chi connectivity index (χ1) is 14.7. The molecule has 1 unspecified atom stereocenters. The summed E-state index contributed by atoms with van der Waals surface area (Å²) in [6.07, 6.45) is 0.728. The third kappa shape index (κ3) is 5.93. The summed E-state index contributed by atoms with van der Waals surface area (Å²) in [7, 11) is 1.79. The molecule has 1 amide bonds. The van der Waals surface area contributed by atoms with Crippen LogP contribution in [0.4, 0.5) is 17.6 Å². The van der Waals surface area contributed by atoms with Gasteiger partial charge in [-0.1, -0.05) is 12.1 Å². The summed E-state index contributed by atoms with van der Waals surface area (Å²) >= 11 is 0. The Morgan fingerprint density at radius 3 is 2.71 bits per heavy atom. The van der Waals surface area contributed by atoms with Crippen molar-refractivity contribution >= 4 is 5.91 Å². The number of aryl methyl sites for hydroxylation is 1. The Balaban J connectivity index is 0.000000196. The zero-order valence-corrected chi connectivity index (χ0v) is 16.3. The fourth-order valence-electron chi connectivity index (χ4n) is 2.81. The number of nitrogens with one attached hydrogen (secondary N) is 1. The Bertz CT molecular complexity index is 1040. The second-order valence-electron chi connectivity index (χ2n) is 6.42. The van der Waals surface area contributed by atoms with Gasteiger partial charge in [-0.3, -0.25) is 9.78 Å². The maximum atomic E-state index is 12.5. The molecule has 1 atom stereocenters. The number of pyridine rings is 1. The molecule has 11 heteroatoms. The third-order valence-electron chi connectivity index (χ3n) is 4.21. The van der Waals surface area contributed by atoms with Crippen LogP contribution in [-0.4, -0.2) is 33.4 Å². The highest BCUT2D eigenvalue weighted by Crippen LogP contribution is 2.29. The van der Waals surface area contributed by atoms with Crippen molar-refractivity contribution in [2.45, 2.75) is 18.8 Å². The first-order valence-corrected chi connectivity index (χ1v) is 9.10. The number of benzene rings is 1. The number of imidazole rings is 1. The number of rotatable bonds is 3. The molecule has 1 aliphatic rings. The molecule has 0 saturated heterocycles. The summed E-state index contributed by atoms with van der Waals surface area (Å²) in [4.78, 5) is 20.4. The molecule has 164 valence electrons. The minimum absolute atomic E-state index is 0.118. The predicted octanol–water partition coefficient (Wildman–Crippen LogP) is 3.79. The van der Waals surface area contributed by atoms with E-state index in [1.165, 1.54) is 12.1 Å². The molecule has 1 aliphatic heterocycles. The van der Waals surface area contributed by atoms with Crippen molar-refractivity contribution in [3.63, 3.8) is 0 Å². The molecule has 1 N–H and O–H groups in total. The lowest BCUT2D eigenvalue weighted by Crippen LogP contribution is -2.33. The Kier molecular flexibility index (Phi) is 6.73. The first-order valence-electron chi connectivity index (χ1n) is 9.10. The number of halogens is 4. The molecule has 0 aliphatic carbocycles. The monoisotopic (exact) mass is 438 g/mol. The van der Waals surface area contributed by atoms with Crippen molar-refractivity contribution in [2.75, 3.05) is 6.61 Å². The van der Waals surface area contributed by atoms with Crippen LogP contribution in [-0.2, 0) is 7.05 Å². The van der Waals surface area contributed by atoms with Gasteiger partial charge in [-0.2, -0.15) is 0 Å². The molecule has 0 spiro atoms. The van der Waals surface area contributed by atoms with Crippen LogP contribution in [0.2, 0.25) is 0 Å². The number of carbonyl (C=O) groups excluding carboxylic acids is 1. The smallest absolute Gasteiger partial charge is 0.491 e. The zero-order valence-electron chi connectivity index (χ0n) is 16.3. The molecule has 7 nitrogen and oxygen atoms in total. The summed E-state index contributed by atoms with van der Waals surface area (Å²) in [6, 6.07) is 7.90. The van der Waals surface area contributed by atoms with Crippen molar-refractivity contribution in [3.8, 4) is 11.5 Å². The average molecular weight is 438 g/mol. The van der Waals surface area contributed by atoms with E-state index in [0.29, 0.717) is 18.7 Å². The summed E-state index contributed by atoms with van der Waals surface area (Å²) in [5.41, 5.74) is 1.31. The molecule has 3 aromatic rings. The Labute approximate surface area is 174 Å². The summed E-state index contributed by atoms with van der Waals surface area (Å²) < 4.78 is 57.7. The predicted molar refractivity (Wildman–Crippen MR) is 101 cm³/mol. The molecular weight excluding hydrogens is 420 g/mol. The van der Waals surface area contributed by atoms with Gasteiger partial charge in [0.05, 0.1) is 25.2 Å². The highest BCUT2D eigenvalue weighted by molar-refractivity contribution is 5.92. The number of aromatic nitrogens is 3. The van der Waals surface area contributed by atoms with E-state index in [4.69, 9.17) is 4.74 Å². The van der Waals surface area contributed by atoms with E-state index in [-0.39, 0.29) is 11.9 Å². The van der Waals surface area contributed by atoms with Gasteiger partial charge in [-0.05, 0) is 24.3 Å². The fraction of sp³-hybridized carbons (Fsp3) is 0.250. The summed E-state index contributed by atoms with van der Waals surface area (Å²) in [6.45, 7) is 0.578. The normalized spacial score (nSPS) is 15.1. The topological polar surface area (TPSA) is 78.3 Å². The van der Waals surface area contributed by atoms with E-state index < -0.39 is 17.9 Å². The largest absolute Gasteiger partial charge is 0.573 e. The minimum atomic E-state index is -4.85. The van der Waals surface area contributed by atoms with E-state index >= 15 is 0 Å². The molecule has 4 rings (SSSR count). The molecule has 0 saturated carbocycles. The van der Waals surface area contributed by atoms with Crippen LogP contribution in [0.3, 0.4) is 0 Å². The molecule has 2 aromatic heterocycles. The SMILES string of the molecule is Cn1cncc1C(=O)NC1CCOc2cccnc21.Fc1ccccc1OC(F)(F)F. The Morgan fingerprint density at radius 1 is 1.26 bits per heavy atom. The van der Waals surface area contributed by atoms with E-state index in [9.17, 15) is 22.4 Å². The van der Waals surface area contributed by atoms with Crippen LogP contribution < -0.4 is 14.8 Å². The fourth-order valence-corrected chi connectivity index (χ4v) is 2.81. The van der Waals surface area contributed by atoms with Gasteiger partial charge in [0.2, 0.25) is 0 Å². The second-order valence-corrected chi connectivity index (χ2v) is 6.42. The maximum absolute atomic E-state index is 12.5. The second kappa shape index (κ2) is 9.45. The molecule has 31 heavy (non-hydrogen) atoms. The quantitative estimate of drug-likeness (QED) is 0.630. The van der Waals surface area contributed by atoms with Crippen LogP contribution in [0, 0.1) is 5.82 Å². The molecular formula is C20H18F4N4O3. The van der Waals surface area contributed by atoms with Gasteiger partial charge in [-0.25, -0.2) is 9.37 Å². The maximum Gasteiger partial charge on any atom is 0.573 e. The van der Waals surface area contributed by atoms with Gasteiger partial charge in [0, 0.05) is 19.7 Å². The summed E-state index contributed by atoms with van der Waals surface area (Å²) in [5.74, 6) is -1.26. The minimum Gasteiger partial charge on any atom is -0.491 e. The zero-order chi connectivity index (χ0) is 22.4. The molecule has 0 fully saturated rings. The lowest BCUT2D eigenvalue weighted by molar-refractivity contribution is -0.275. The molecule has 0 radical (unpaired) electrons. The van der Waals surface area contributed by atoms with Crippen molar-refractivity contribution in [1.82, 2.24) is 19.9 Å².